The van der Waals surface area contributed by atoms with Gasteiger partial charge in [-0.3, -0.25) is 19.7 Å². The van der Waals surface area contributed by atoms with Crippen molar-refractivity contribution in [2.45, 2.75) is 26.4 Å². The summed E-state index contributed by atoms with van der Waals surface area (Å²) in [5.41, 5.74) is 2.54. The van der Waals surface area contributed by atoms with Gasteiger partial charge in [-0.05, 0) is 41.3 Å². The van der Waals surface area contributed by atoms with E-state index in [0.29, 0.717) is 12.0 Å². The van der Waals surface area contributed by atoms with Crippen molar-refractivity contribution in [1.29, 1.82) is 0 Å². The molecule has 0 aliphatic carbocycles. The van der Waals surface area contributed by atoms with Crippen LogP contribution in [0.25, 0.3) is 0 Å². The molecule has 0 spiro atoms. The zero-order valence-electron chi connectivity index (χ0n) is 13.7. The van der Waals surface area contributed by atoms with Gasteiger partial charge in [-0.15, -0.1) is 0 Å². The van der Waals surface area contributed by atoms with Gasteiger partial charge in [0.2, 0.25) is 0 Å². The number of aromatic hydroxyl groups is 1. The Morgan fingerprint density at radius 1 is 1.12 bits per heavy atom. The predicted molar refractivity (Wildman–Crippen MR) is 89.2 cm³/mol. The predicted octanol–water partition coefficient (Wildman–Crippen LogP) is 2.12. The Hall–Kier alpha value is -3.15. The van der Waals surface area contributed by atoms with Crippen LogP contribution >= 0.6 is 0 Å². The van der Waals surface area contributed by atoms with Gasteiger partial charge in [0.1, 0.15) is 12.4 Å². The normalized spacial score (nSPS) is 12.7. The molecule has 0 radical (unpaired) electrons. The van der Waals surface area contributed by atoms with Crippen LogP contribution in [-0.2, 0) is 29.0 Å². The highest BCUT2D eigenvalue weighted by atomic mass is 16.5. The lowest BCUT2D eigenvalue weighted by Crippen LogP contribution is -2.20. The third-order valence-electron chi connectivity index (χ3n) is 4.11. The standard InChI is InChI=1S/C19H17NO5/c1-2-12-8-11(6-7-15(12)21)10-25-16(22)9-13-4-3-5-14-17(13)19(24)20-18(14)23/h3-8,21H,2,9-10H2,1H3,(H,20,23,24). The molecule has 1 aliphatic heterocycles. The number of imide groups is 1. The van der Waals surface area contributed by atoms with E-state index in [1.165, 1.54) is 0 Å². The number of aryl methyl sites for hydroxylation is 1. The molecule has 1 aliphatic rings. The summed E-state index contributed by atoms with van der Waals surface area (Å²) in [6.07, 6.45) is 0.579. The van der Waals surface area contributed by atoms with E-state index in [2.05, 4.69) is 5.32 Å². The molecular formula is C19H17NO5. The van der Waals surface area contributed by atoms with Crippen molar-refractivity contribution in [1.82, 2.24) is 5.32 Å². The lowest BCUT2D eigenvalue weighted by molar-refractivity contribution is -0.144. The Balaban J connectivity index is 1.68. The first-order valence-electron chi connectivity index (χ1n) is 7.93. The van der Waals surface area contributed by atoms with E-state index in [1.54, 1.807) is 36.4 Å². The molecule has 0 saturated carbocycles. The number of benzene rings is 2. The van der Waals surface area contributed by atoms with Crippen molar-refractivity contribution in [3.05, 3.63) is 64.2 Å². The molecule has 1 heterocycles. The van der Waals surface area contributed by atoms with Gasteiger partial charge < -0.3 is 9.84 Å². The number of esters is 1. The lowest BCUT2D eigenvalue weighted by Gasteiger charge is -2.09. The van der Waals surface area contributed by atoms with E-state index < -0.39 is 17.8 Å². The van der Waals surface area contributed by atoms with Crippen LogP contribution in [0.4, 0.5) is 0 Å². The minimum atomic E-state index is -0.494. The quantitative estimate of drug-likeness (QED) is 0.643. The van der Waals surface area contributed by atoms with Crippen molar-refractivity contribution in [3.8, 4) is 5.75 Å². The fourth-order valence-corrected chi connectivity index (χ4v) is 2.82. The molecule has 0 bridgehead atoms. The summed E-state index contributed by atoms with van der Waals surface area (Å²) in [7, 11) is 0. The Kier molecular flexibility index (Phi) is 4.52. The van der Waals surface area contributed by atoms with Crippen molar-refractivity contribution in [3.63, 3.8) is 0 Å². The number of hydrogen-bond acceptors (Lipinski definition) is 5. The summed E-state index contributed by atoms with van der Waals surface area (Å²) >= 11 is 0. The highest BCUT2D eigenvalue weighted by Gasteiger charge is 2.29. The summed E-state index contributed by atoms with van der Waals surface area (Å²) in [5.74, 6) is -1.22. The number of rotatable bonds is 5. The molecule has 2 aromatic rings. The van der Waals surface area contributed by atoms with Gasteiger partial charge in [-0.1, -0.05) is 25.1 Å². The van der Waals surface area contributed by atoms with E-state index in [1.807, 2.05) is 6.92 Å². The third kappa shape index (κ3) is 3.38. The first-order chi connectivity index (χ1) is 12.0. The average molecular weight is 339 g/mol. The number of amides is 2. The zero-order valence-corrected chi connectivity index (χ0v) is 13.7. The first-order valence-corrected chi connectivity index (χ1v) is 7.93. The number of phenols is 1. The average Bonchev–Trinajstić information content (AvgIpc) is 2.89. The molecule has 0 aromatic heterocycles. The number of hydrogen-bond donors (Lipinski definition) is 2. The molecule has 2 amide bonds. The maximum atomic E-state index is 12.1. The van der Waals surface area contributed by atoms with Crippen LogP contribution in [0.2, 0.25) is 0 Å². The second-order valence-electron chi connectivity index (χ2n) is 5.78. The van der Waals surface area contributed by atoms with Gasteiger partial charge in [0.15, 0.2) is 0 Å². The van der Waals surface area contributed by atoms with Crippen LogP contribution in [0.1, 0.15) is 44.3 Å². The molecule has 3 rings (SSSR count). The largest absolute Gasteiger partial charge is 0.508 e. The van der Waals surface area contributed by atoms with E-state index in [9.17, 15) is 19.5 Å². The van der Waals surface area contributed by atoms with Gasteiger partial charge >= 0.3 is 5.97 Å². The molecule has 2 aromatic carbocycles. The SMILES string of the molecule is CCc1cc(COC(=O)Cc2cccc3c2C(=O)NC3=O)ccc1O. The topological polar surface area (TPSA) is 92.7 Å². The van der Waals surface area contributed by atoms with Crippen LogP contribution in [-0.4, -0.2) is 22.9 Å². The minimum absolute atomic E-state index is 0.0757. The lowest BCUT2D eigenvalue weighted by atomic mass is 10.0. The molecular weight excluding hydrogens is 322 g/mol. The van der Waals surface area contributed by atoms with E-state index >= 15 is 0 Å². The van der Waals surface area contributed by atoms with Crippen LogP contribution in [0.15, 0.2) is 36.4 Å². The summed E-state index contributed by atoms with van der Waals surface area (Å²) in [6.45, 7) is 2.00. The molecule has 6 nitrogen and oxygen atoms in total. The number of phenolic OH excluding ortho intramolecular Hbond substituents is 1. The molecule has 0 fully saturated rings. The van der Waals surface area contributed by atoms with Gasteiger partial charge in [-0.25, -0.2) is 0 Å². The maximum Gasteiger partial charge on any atom is 0.310 e. The molecule has 0 unspecified atom stereocenters. The van der Waals surface area contributed by atoms with Gasteiger partial charge in [0, 0.05) is 0 Å². The molecule has 128 valence electrons. The molecule has 2 N–H and O–H groups in total. The highest BCUT2D eigenvalue weighted by Crippen LogP contribution is 2.22. The number of nitrogens with one attached hydrogen (secondary N) is 1. The Bertz CT molecular complexity index is 872. The first kappa shape index (κ1) is 16.7. The number of ether oxygens (including phenoxy) is 1. The van der Waals surface area contributed by atoms with E-state index in [0.717, 1.165) is 11.1 Å². The number of fused-ring (bicyclic) bond motifs is 1. The molecule has 0 saturated heterocycles. The smallest absolute Gasteiger partial charge is 0.310 e. The van der Waals surface area contributed by atoms with Crippen molar-refractivity contribution in [2.24, 2.45) is 0 Å². The summed E-state index contributed by atoms with van der Waals surface area (Å²) in [5, 5.41) is 11.9. The Labute approximate surface area is 144 Å². The third-order valence-corrected chi connectivity index (χ3v) is 4.11. The fourth-order valence-electron chi connectivity index (χ4n) is 2.82. The van der Waals surface area contributed by atoms with Crippen LogP contribution in [0.5, 0.6) is 5.75 Å². The molecule has 25 heavy (non-hydrogen) atoms. The Morgan fingerprint density at radius 2 is 1.92 bits per heavy atom. The van der Waals surface area contributed by atoms with Gasteiger partial charge in [-0.2, -0.15) is 0 Å². The van der Waals surface area contributed by atoms with Crippen LogP contribution in [0.3, 0.4) is 0 Å². The summed E-state index contributed by atoms with van der Waals surface area (Å²) in [6, 6.07) is 9.86. The molecule has 6 heteroatoms. The van der Waals surface area contributed by atoms with Gasteiger partial charge in [0.05, 0.1) is 17.5 Å². The highest BCUT2D eigenvalue weighted by molar-refractivity contribution is 6.22. The van der Waals surface area contributed by atoms with E-state index in [-0.39, 0.29) is 29.9 Å². The molecule has 0 atom stereocenters. The second-order valence-corrected chi connectivity index (χ2v) is 5.78. The minimum Gasteiger partial charge on any atom is -0.508 e. The zero-order chi connectivity index (χ0) is 18.0. The Morgan fingerprint density at radius 3 is 2.68 bits per heavy atom. The van der Waals surface area contributed by atoms with Gasteiger partial charge in [0.25, 0.3) is 11.8 Å². The van der Waals surface area contributed by atoms with Crippen LogP contribution in [0, 0.1) is 0 Å². The summed E-state index contributed by atoms with van der Waals surface area (Å²) in [4.78, 5) is 35.6. The van der Waals surface area contributed by atoms with Crippen LogP contribution < -0.4 is 5.32 Å². The van der Waals surface area contributed by atoms with Crippen molar-refractivity contribution < 1.29 is 24.2 Å². The fraction of sp³-hybridized carbons (Fsp3) is 0.211. The number of carbonyl (C=O) groups excluding carboxylic acids is 3. The number of carbonyl (C=O) groups is 3. The maximum absolute atomic E-state index is 12.1. The van der Waals surface area contributed by atoms with Crippen molar-refractivity contribution >= 4 is 17.8 Å². The van der Waals surface area contributed by atoms with Crippen molar-refractivity contribution in [2.75, 3.05) is 0 Å². The monoisotopic (exact) mass is 339 g/mol. The van der Waals surface area contributed by atoms with E-state index in [4.69, 9.17) is 4.74 Å². The second kappa shape index (κ2) is 6.76. The summed E-state index contributed by atoms with van der Waals surface area (Å²) < 4.78 is 5.26.